The van der Waals surface area contributed by atoms with Crippen molar-refractivity contribution in [3.63, 3.8) is 0 Å². The molecule has 18 heavy (non-hydrogen) atoms. The summed E-state index contributed by atoms with van der Waals surface area (Å²) in [7, 11) is 0. The molecule has 0 aliphatic rings. The summed E-state index contributed by atoms with van der Waals surface area (Å²) in [5.41, 5.74) is 1.42. The Morgan fingerprint density at radius 3 is 2.06 bits per heavy atom. The zero-order valence-corrected chi connectivity index (χ0v) is 13.2. The third kappa shape index (κ3) is 9.12. The molecule has 0 aromatic heterocycles. The SMILES string of the molecule is CC/C(C)=C\C=C(/C)Sc1ccccc1.CCC. The lowest BCUT2D eigenvalue weighted by atomic mass is 10.2. The molecule has 0 fully saturated rings. The first-order chi connectivity index (χ1) is 8.63. The number of rotatable bonds is 4. The second-order valence-electron chi connectivity index (χ2n) is 4.27. The third-order valence-corrected chi connectivity index (χ3v) is 3.15. The van der Waals surface area contributed by atoms with Crippen LogP contribution in [-0.4, -0.2) is 0 Å². The van der Waals surface area contributed by atoms with Crippen molar-refractivity contribution in [1.29, 1.82) is 0 Å². The van der Waals surface area contributed by atoms with Crippen LogP contribution in [0.4, 0.5) is 0 Å². The van der Waals surface area contributed by atoms with Crippen LogP contribution in [0, 0.1) is 0 Å². The highest BCUT2D eigenvalue weighted by Gasteiger charge is 1.92. The summed E-state index contributed by atoms with van der Waals surface area (Å²) in [5, 5.41) is 0. The summed E-state index contributed by atoms with van der Waals surface area (Å²) in [6.45, 7) is 10.7. The van der Waals surface area contributed by atoms with Crippen molar-refractivity contribution >= 4 is 11.8 Å². The standard InChI is InChI=1S/C14H18S.C3H8/c1-4-12(2)10-11-13(3)15-14-8-6-5-7-9-14;1-3-2/h5-11H,4H2,1-3H3;3H2,1-2H3/b12-10-,13-11+;. The molecule has 100 valence electrons. The zero-order valence-electron chi connectivity index (χ0n) is 12.4. The number of thioether (sulfide) groups is 1. The first-order valence-corrected chi connectivity index (χ1v) is 7.52. The van der Waals surface area contributed by atoms with Gasteiger partial charge < -0.3 is 0 Å². The number of benzene rings is 1. The quantitative estimate of drug-likeness (QED) is 0.443. The smallest absolute Gasteiger partial charge is 0.0118 e. The second-order valence-corrected chi connectivity index (χ2v) is 5.59. The van der Waals surface area contributed by atoms with Crippen LogP contribution in [0.2, 0.25) is 0 Å². The van der Waals surface area contributed by atoms with E-state index in [4.69, 9.17) is 0 Å². The Morgan fingerprint density at radius 2 is 1.56 bits per heavy atom. The summed E-state index contributed by atoms with van der Waals surface area (Å²) in [4.78, 5) is 2.63. The molecule has 1 heteroatoms. The molecule has 0 aliphatic heterocycles. The van der Waals surface area contributed by atoms with E-state index in [-0.39, 0.29) is 0 Å². The molecule has 0 N–H and O–H groups in total. The fraction of sp³-hybridized carbons (Fsp3) is 0.412. The van der Waals surface area contributed by atoms with Crippen LogP contribution < -0.4 is 0 Å². The average molecular weight is 262 g/mol. The largest absolute Gasteiger partial charge is 0.0949 e. The Bertz CT molecular complexity index is 360. The van der Waals surface area contributed by atoms with Crippen LogP contribution in [0.3, 0.4) is 0 Å². The monoisotopic (exact) mass is 262 g/mol. The molecular weight excluding hydrogens is 236 g/mol. The van der Waals surface area contributed by atoms with Crippen molar-refractivity contribution in [2.45, 2.75) is 52.4 Å². The van der Waals surface area contributed by atoms with Gasteiger partial charge in [-0.3, -0.25) is 0 Å². The van der Waals surface area contributed by atoms with Crippen molar-refractivity contribution < 1.29 is 0 Å². The van der Waals surface area contributed by atoms with Gasteiger partial charge in [0.2, 0.25) is 0 Å². The lowest BCUT2D eigenvalue weighted by Crippen LogP contribution is -1.72. The first-order valence-electron chi connectivity index (χ1n) is 6.70. The van der Waals surface area contributed by atoms with Gasteiger partial charge in [0.05, 0.1) is 0 Å². The second kappa shape index (κ2) is 11.2. The molecule has 0 saturated carbocycles. The van der Waals surface area contributed by atoms with Crippen LogP contribution >= 0.6 is 11.8 Å². The highest BCUT2D eigenvalue weighted by molar-refractivity contribution is 8.03. The van der Waals surface area contributed by atoms with Crippen molar-refractivity contribution in [1.82, 2.24) is 0 Å². The molecule has 0 saturated heterocycles. The molecular formula is C17H26S. The summed E-state index contributed by atoms with van der Waals surface area (Å²) < 4.78 is 0. The van der Waals surface area contributed by atoms with Gasteiger partial charge in [-0.25, -0.2) is 0 Å². The molecule has 0 aliphatic carbocycles. The Kier molecular flexibility index (Phi) is 10.6. The summed E-state index contributed by atoms with van der Waals surface area (Å²) in [5.74, 6) is 0. The first kappa shape index (κ1) is 17.1. The van der Waals surface area contributed by atoms with Crippen LogP contribution in [-0.2, 0) is 0 Å². The number of hydrogen-bond acceptors (Lipinski definition) is 1. The van der Waals surface area contributed by atoms with Gasteiger partial charge in [-0.1, -0.05) is 74.9 Å². The molecule has 1 aromatic rings. The minimum Gasteiger partial charge on any atom is -0.0949 e. The molecule has 0 atom stereocenters. The molecule has 0 spiro atoms. The van der Waals surface area contributed by atoms with Crippen LogP contribution in [0.25, 0.3) is 0 Å². The molecule has 0 nitrogen and oxygen atoms in total. The molecule has 1 rings (SSSR count). The van der Waals surface area contributed by atoms with E-state index in [1.165, 1.54) is 21.8 Å². The summed E-state index contributed by atoms with van der Waals surface area (Å²) in [6.07, 6.45) is 6.77. The maximum atomic E-state index is 2.20. The van der Waals surface area contributed by atoms with Gasteiger partial charge in [-0.15, -0.1) is 0 Å². The minimum absolute atomic E-state index is 1.12. The summed E-state index contributed by atoms with van der Waals surface area (Å²) in [6, 6.07) is 10.5. The molecule has 1 aromatic carbocycles. The van der Waals surface area contributed by atoms with Crippen LogP contribution in [0.1, 0.15) is 47.5 Å². The lowest BCUT2D eigenvalue weighted by molar-refractivity contribution is 1.09. The lowest BCUT2D eigenvalue weighted by Gasteiger charge is -2.00. The number of hydrogen-bond donors (Lipinski definition) is 0. The fourth-order valence-corrected chi connectivity index (χ4v) is 1.89. The van der Waals surface area contributed by atoms with Gasteiger partial charge in [0, 0.05) is 4.90 Å². The van der Waals surface area contributed by atoms with Crippen LogP contribution in [0.15, 0.2) is 57.9 Å². The van der Waals surface area contributed by atoms with Gasteiger partial charge in [-0.05, 0) is 37.3 Å². The van der Waals surface area contributed by atoms with Gasteiger partial charge in [0.15, 0.2) is 0 Å². The normalized spacial score (nSPS) is 11.8. The predicted octanol–water partition coefficient (Wildman–Crippen LogP) is 6.46. The number of allylic oxidation sites excluding steroid dienone is 4. The van der Waals surface area contributed by atoms with Gasteiger partial charge in [0.25, 0.3) is 0 Å². The third-order valence-electron chi connectivity index (χ3n) is 2.18. The molecule has 0 bridgehead atoms. The van der Waals surface area contributed by atoms with Crippen molar-refractivity contribution in [2.24, 2.45) is 0 Å². The maximum Gasteiger partial charge on any atom is 0.0118 e. The Balaban J connectivity index is 0.000000873. The highest BCUT2D eigenvalue weighted by Crippen LogP contribution is 2.25. The Morgan fingerprint density at radius 1 is 1.00 bits per heavy atom. The van der Waals surface area contributed by atoms with E-state index < -0.39 is 0 Å². The van der Waals surface area contributed by atoms with E-state index in [2.05, 4.69) is 71.0 Å². The van der Waals surface area contributed by atoms with Gasteiger partial charge >= 0.3 is 0 Å². The van der Waals surface area contributed by atoms with Crippen molar-refractivity contribution in [3.05, 3.63) is 53.0 Å². The fourth-order valence-electron chi connectivity index (χ4n) is 1.09. The molecule has 0 unspecified atom stereocenters. The van der Waals surface area contributed by atoms with Gasteiger partial charge in [-0.2, -0.15) is 0 Å². The average Bonchev–Trinajstić information content (AvgIpc) is 2.38. The highest BCUT2D eigenvalue weighted by atomic mass is 32.2. The van der Waals surface area contributed by atoms with E-state index in [0.29, 0.717) is 0 Å². The van der Waals surface area contributed by atoms with Crippen molar-refractivity contribution in [2.75, 3.05) is 0 Å². The predicted molar refractivity (Wildman–Crippen MR) is 86.1 cm³/mol. The Labute approximate surface area is 117 Å². The van der Waals surface area contributed by atoms with E-state index in [1.54, 1.807) is 0 Å². The minimum atomic E-state index is 1.12. The molecule has 0 radical (unpaired) electrons. The van der Waals surface area contributed by atoms with E-state index in [9.17, 15) is 0 Å². The van der Waals surface area contributed by atoms with E-state index in [1.807, 2.05) is 17.8 Å². The van der Waals surface area contributed by atoms with E-state index in [0.717, 1.165) is 6.42 Å². The topological polar surface area (TPSA) is 0 Å². The van der Waals surface area contributed by atoms with Crippen LogP contribution in [0.5, 0.6) is 0 Å². The molecule has 0 amide bonds. The van der Waals surface area contributed by atoms with Gasteiger partial charge in [0.1, 0.15) is 0 Å². The Hall–Kier alpha value is -0.950. The van der Waals surface area contributed by atoms with E-state index >= 15 is 0 Å². The zero-order chi connectivity index (χ0) is 13.8. The van der Waals surface area contributed by atoms with Crippen molar-refractivity contribution in [3.8, 4) is 0 Å². The maximum absolute atomic E-state index is 2.20. The molecule has 0 heterocycles. The summed E-state index contributed by atoms with van der Waals surface area (Å²) >= 11 is 1.81.